The highest BCUT2D eigenvalue weighted by Gasteiger charge is 2.03. The van der Waals surface area contributed by atoms with E-state index < -0.39 is 0 Å². The molecule has 1 aromatic heterocycles. The van der Waals surface area contributed by atoms with Crippen LogP contribution in [0.3, 0.4) is 0 Å². The van der Waals surface area contributed by atoms with Gasteiger partial charge >= 0.3 is 0 Å². The summed E-state index contributed by atoms with van der Waals surface area (Å²) >= 11 is 5.82. The van der Waals surface area contributed by atoms with E-state index >= 15 is 0 Å². The number of anilines is 1. The minimum atomic E-state index is 0.104. The molecule has 0 aliphatic heterocycles. The minimum absolute atomic E-state index is 0.104. The molecule has 0 aliphatic carbocycles. The number of alkyl halides is 1. The van der Waals surface area contributed by atoms with E-state index in [1.807, 2.05) is 13.0 Å². The van der Waals surface area contributed by atoms with Crippen molar-refractivity contribution >= 4 is 17.4 Å². The Balaban J connectivity index is 2.64. The molecule has 0 saturated carbocycles. The van der Waals surface area contributed by atoms with Crippen molar-refractivity contribution in [2.75, 3.05) is 11.9 Å². The second kappa shape index (κ2) is 5.15. The Bertz CT molecular complexity index is 286. The number of hydrogen-bond acceptors (Lipinski definition) is 3. The maximum Gasteiger partial charge on any atom is 0.129 e. The monoisotopic (exact) mass is 213 g/mol. The van der Waals surface area contributed by atoms with E-state index in [9.17, 15) is 0 Å². The smallest absolute Gasteiger partial charge is 0.129 e. The molecule has 1 atom stereocenters. The lowest BCUT2D eigenvalue weighted by Crippen LogP contribution is -2.12. The van der Waals surface area contributed by atoms with E-state index in [-0.39, 0.29) is 5.38 Å². The zero-order chi connectivity index (χ0) is 10.6. The van der Waals surface area contributed by atoms with Crippen molar-refractivity contribution in [2.24, 2.45) is 0 Å². The zero-order valence-electron chi connectivity index (χ0n) is 8.79. The Kier molecular flexibility index (Phi) is 4.14. The lowest BCUT2D eigenvalue weighted by Gasteiger charge is -2.09. The molecule has 78 valence electrons. The predicted molar refractivity (Wildman–Crippen MR) is 59.9 cm³/mol. The molecule has 0 fully saturated rings. The molecule has 0 spiro atoms. The van der Waals surface area contributed by atoms with Crippen LogP contribution in [0, 0.1) is 0 Å². The first-order valence-electron chi connectivity index (χ1n) is 4.79. The Morgan fingerprint density at radius 1 is 1.36 bits per heavy atom. The third-order valence-corrected chi connectivity index (χ3v) is 2.00. The highest BCUT2D eigenvalue weighted by Crippen LogP contribution is 2.13. The molecule has 1 N–H and O–H groups in total. The van der Waals surface area contributed by atoms with Gasteiger partial charge < -0.3 is 5.32 Å². The number of nitrogens with zero attached hydrogens (tertiary/aromatic N) is 2. The van der Waals surface area contributed by atoms with Crippen LogP contribution < -0.4 is 5.32 Å². The average molecular weight is 214 g/mol. The summed E-state index contributed by atoms with van der Waals surface area (Å²) in [5.74, 6) is 1.27. The second-order valence-electron chi connectivity index (χ2n) is 3.64. The Morgan fingerprint density at radius 2 is 2.07 bits per heavy atom. The first-order chi connectivity index (χ1) is 6.59. The van der Waals surface area contributed by atoms with Gasteiger partial charge in [-0.15, -0.1) is 11.6 Å². The molecule has 0 saturated heterocycles. The lowest BCUT2D eigenvalue weighted by atomic mass is 10.1. The molecule has 14 heavy (non-hydrogen) atoms. The van der Waals surface area contributed by atoms with Crippen LogP contribution in [-0.4, -0.2) is 21.9 Å². The minimum Gasteiger partial charge on any atom is -0.368 e. The fourth-order valence-electron chi connectivity index (χ4n) is 1.03. The average Bonchev–Trinajstić information content (AvgIpc) is 2.15. The van der Waals surface area contributed by atoms with Gasteiger partial charge in [0.15, 0.2) is 0 Å². The Morgan fingerprint density at radius 3 is 2.64 bits per heavy atom. The summed E-state index contributed by atoms with van der Waals surface area (Å²) in [6.07, 6.45) is 1.58. The summed E-state index contributed by atoms with van der Waals surface area (Å²) in [6, 6.07) is 1.96. The van der Waals surface area contributed by atoms with Gasteiger partial charge in [-0.25, -0.2) is 9.97 Å². The van der Waals surface area contributed by atoms with Gasteiger partial charge in [0.2, 0.25) is 0 Å². The molecule has 0 bridgehead atoms. The molecular formula is C10H16ClN3. The summed E-state index contributed by atoms with van der Waals surface area (Å²) in [4.78, 5) is 8.29. The van der Waals surface area contributed by atoms with E-state index in [2.05, 4.69) is 29.1 Å². The van der Waals surface area contributed by atoms with Crippen LogP contribution in [0.15, 0.2) is 12.4 Å². The molecule has 1 rings (SSSR count). The van der Waals surface area contributed by atoms with Gasteiger partial charge in [0.25, 0.3) is 0 Å². The lowest BCUT2D eigenvalue weighted by molar-refractivity contribution is 0.813. The van der Waals surface area contributed by atoms with Crippen molar-refractivity contribution in [3.63, 3.8) is 0 Å². The maximum atomic E-state index is 5.82. The number of rotatable bonds is 4. The molecule has 1 aromatic rings. The molecule has 3 nitrogen and oxygen atoms in total. The van der Waals surface area contributed by atoms with E-state index in [0.717, 1.165) is 18.1 Å². The molecule has 0 aliphatic rings. The van der Waals surface area contributed by atoms with Gasteiger partial charge in [-0.1, -0.05) is 13.8 Å². The van der Waals surface area contributed by atoms with Crippen LogP contribution in [0.5, 0.6) is 0 Å². The van der Waals surface area contributed by atoms with Crippen LogP contribution in [0.4, 0.5) is 5.82 Å². The summed E-state index contributed by atoms with van der Waals surface area (Å²) in [5.41, 5.74) is 1.05. The quantitative estimate of drug-likeness (QED) is 0.782. The van der Waals surface area contributed by atoms with Gasteiger partial charge in [-0.2, -0.15) is 0 Å². The third-order valence-electron chi connectivity index (χ3n) is 1.84. The predicted octanol–water partition coefficient (Wildman–Crippen LogP) is 2.64. The fraction of sp³-hybridized carbons (Fsp3) is 0.600. The number of hydrogen-bond donors (Lipinski definition) is 1. The van der Waals surface area contributed by atoms with E-state index in [4.69, 9.17) is 11.6 Å². The van der Waals surface area contributed by atoms with Crippen molar-refractivity contribution < 1.29 is 0 Å². The van der Waals surface area contributed by atoms with E-state index in [0.29, 0.717) is 5.92 Å². The van der Waals surface area contributed by atoms with Crippen molar-refractivity contribution in [1.29, 1.82) is 0 Å². The molecule has 1 unspecified atom stereocenters. The standard InChI is InChI=1S/C10H16ClN3/c1-7(2)9-4-10(14-6-13-9)12-5-8(3)11/h4,6-8H,5H2,1-3H3,(H,12,13,14). The third kappa shape index (κ3) is 3.50. The van der Waals surface area contributed by atoms with Crippen LogP contribution in [0.25, 0.3) is 0 Å². The van der Waals surface area contributed by atoms with Crippen molar-refractivity contribution in [3.05, 3.63) is 18.1 Å². The zero-order valence-corrected chi connectivity index (χ0v) is 9.54. The summed E-state index contributed by atoms with van der Waals surface area (Å²) in [7, 11) is 0. The molecule has 0 aromatic carbocycles. The van der Waals surface area contributed by atoms with Gasteiger partial charge in [0.1, 0.15) is 12.1 Å². The molecule has 0 radical (unpaired) electrons. The van der Waals surface area contributed by atoms with Crippen LogP contribution >= 0.6 is 11.6 Å². The fourth-order valence-corrected chi connectivity index (χ4v) is 1.11. The molecule has 0 amide bonds. The van der Waals surface area contributed by atoms with E-state index in [1.165, 1.54) is 0 Å². The SMILES string of the molecule is CC(Cl)CNc1cc(C(C)C)ncn1. The number of nitrogens with one attached hydrogen (secondary N) is 1. The van der Waals surface area contributed by atoms with Crippen LogP contribution in [-0.2, 0) is 0 Å². The molecular weight excluding hydrogens is 198 g/mol. The Labute approximate surface area is 89.9 Å². The second-order valence-corrected chi connectivity index (χ2v) is 4.39. The maximum absolute atomic E-state index is 5.82. The normalized spacial score (nSPS) is 12.9. The van der Waals surface area contributed by atoms with Gasteiger partial charge in [0, 0.05) is 23.7 Å². The van der Waals surface area contributed by atoms with Gasteiger partial charge in [-0.3, -0.25) is 0 Å². The summed E-state index contributed by atoms with van der Waals surface area (Å²) < 4.78 is 0. The van der Waals surface area contributed by atoms with Gasteiger partial charge in [0.05, 0.1) is 0 Å². The van der Waals surface area contributed by atoms with Crippen LogP contribution in [0.2, 0.25) is 0 Å². The topological polar surface area (TPSA) is 37.8 Å². The highest BCUT2D eigenvalue weighted by atomic mass is 35.5. The van der Waals surface area contributed by atoms with Gasteiger partial charge in [-0.05, 0) is 12.8 Å². The number of halogens is 1. The van der Waals surface area contributed by atoms with Crippen molar-refractivity contribution in [3.8, 4) is 0 Å². The summed E-state index contributed by atoms with van der Waals surface area (Å²) in [6.45, 7) is 6.88. The Hall–Kier alpha value is -0.830. The number of aromatic nitrogens is 2. The van der Waals surface area contributed by atoms with E-state index in [1.54, 1.807) is 6.33 Å². The highest BCUT2D eigenvalue weighted by molar-refractivity contribution is 6.20. The molecule has 1 heterocycles. The molecule has 4 heteroatoms. The first-order valence-corrected chi connectivity index (χ1v) is 5.23. The van der Waals surface area contributed by atoms with Crippen molar-refractivity contribution in [2.45, 2.75) is 32.1 Å². The van der Waals surface area contributed by atoms with Crippen LogP contribution in [0.1, 0.15) is 32.4 Å². The van der Waals surface area contributed by atoms with Crippen molar-refractivity contribution in [1.82, 2.24) is 9.97 Å². The summed E-state index contributed by atoms with van der Waals surface area (Å²) in [5, 5.41) is 3.26. The largest absolute Gasteiger partial charge is 0.368 e. The first kappa shape index (κ1) is 11.2.